The van der Waals surface area contributed by atoms with Gasteiger partial charge in [0.05, 0.1) is 29.5 Å². The molecule has 136 valence electrons. The average molecular weight is 359 g/mol. The van der Waals surface area contributed by atoms with Gasteiger partial charge in [-0.2, -0.15) is 5.10 Å². The van der Waals surface area contributed by atoms with E-state index < -0.39 is 0 Å². The van der Waals surface area contributed by atoms with Crippen LogP contribution in [-0.4, -0.2) is 26.7 Å². The maximum atomic E-state index is 12.4. The van der Waals surface area contributed by atoms with Gasteiger partial charge in [0.2, 0.25) is 5.91 Å². The number of para-hydroxylation sites is 3. The Morgan fingerprint density at radius 1 is 1.26 bits per heavy atom. The van der Waals surface area contributed by atoms with Gasteiger partial charge in [0.15, 0.2) is 0 Å². The Hall–Kier alpha value is -3.41. The Kier molecular flexibility index (Phi) is 4.46. The number of amides is 1. The lowest BCUT2D eigenvalue weighted by Gasteiger charge is -2.11. The molecule has 27 heavy (non-hydrogen) atoms. The smallest absolute Gasteiger partial charge is 0.244 e. The number of hydrogen-bond acceptors (Lipinski definition) is 3. The maximum Gasteiger partial charge on any atom is 0.244 e. The SMILES string of the molecule is Cc1[nH]c2ccccc2c1/C=N\NC(=O)[C@H](C)Cn1cnc2ccccc21. The molecule has 1 atom stereocenters. The summed E-state index contributed by atoms with van der Waals surface area (Å²) in [7, 11) is 0. The van der Waals surface area contributed by atoms with Crippen LogP contribution in [0, 0.1) is 12.8 Å². The lowest BCUT2D eigenvalue weighted by molar-refractivity contribution is -0.124. The Labute approximate surface area is 156 Å². The lowest BCUT2D eigenvalue weighted by atomic mass is 10.1. The summed E-state index contributed by atoms with van der Waals surface area (Å²) >= 11 is 0. The van der Waals surface area contributed by atoms with Crippen LogP contribution in [0.4, 0.5) is 0 Å². The van der Waals surface area contributed by atoms with Crippen LogP contribution in [0.1, 0.15) is 18.2 Å². The number of benzene rings is 2. The van der Waals surface area contributed by atoms with Crippen LogP contribution >= 0.6 is 0 Å². The van der Waals surface area contributed by atoms with Crippen molar-refractivity contribution in [3.8, 4) is 0 Å². The van der Waals surface area contributed by atoms with Crippen LogP contribution in [0.3, 0.4) is 0 Å². The van der Waals surface area contributed by atoms with Crippen molar-refractivity contribution in [1.82, 2.24) is 20.0 Å². The van der Waals surface area contributed by atoms with Crippen LogP contribution < -0.4 is 5.43 Å². The van der Waals surface area contributed by atoms with Crippen LogP contribution in [0.15, 0.2) is 60.0 Å². The summed E-state index contributed by atoms with van der Waals surface area (Å²) in [6.07, 6.45) is 3.47. The molecule has 0 fully saturated rings. The van der Waals surface area contributed by atoms with Crippen LogP contribution in [0.2, 0.25) is 0 Å². The number of carbonyl (C=O) groups is 1. The van der Waals surface area contributed by atoms with Crippen molar-refractivity contribution in [1.29, 1.82) is 0 Å². The van der Waals surface area contributed by atoms with Crippen molar-refractivity contribution in [2.45, 2.75) is 20.4 Å². The number of aryl methyl sites for hydroxylation is 1. The van der Waals surface area contributed by atoms with Crippen LogP contribution in [-0.2, 0) is 11.3 Å². The molecule has 0 aliphatic rings. The van der Waals surface area contributed by atoms with E-state index in [-0.39, 0.29) is 11.8 Å². The van der Waals surface area contributed by atoms with Gasteiger partial charge in [-0.25, -0.2) is 10.4 Å². The molecule has 1 amide bonds. The highest BCUT2D eigenvalue weighted by molar-refractivity contribution is 6.00. The fourth-order valence-corrected chi connectivity index (χ4v) is 3.27. The van der Waals surface area contributed by atoms with Gasteiger partial charge in [0.1, 0.15) is 0 Å². The minimum Gasteiger partial charge on any atom is -0.358 e. The monoisotopic (exact) mass is 359 g/mol. The second kappa shape index (κ2) is 7.07. The molecular formula is C21H21N5O. The molecule has 2 heterocycles. The highest BCUT2D eigenvalue weighted by Crippen LogP contribution is 2.20. The highest BCUT2D eigenvalue weighted by Gasteiger charge is 2.14. The summed E-state index contributed by atoms with van der Waals surface area (Å²) in [5.41, 5.74) is 7.67. The fourth-order valence-electron chi connectivity index (χ4n) is 3.27. The Morgan fingerprint density at radius 3 is 2.93 bits per heavy atom. The van der Waals surface area contributed by atoms with Crippen molar-refractivity contribution in [3.63, 3.8) is 0 Å². The number of H-pyrrole nitrogens is 1. The summed E-state index contributed by atoms with van der Waals surface area (Å²) in [4.78, 5) is 20.1. The summed E-state index contributed by atoms with van der Waals surface area (Å²) in [6, 6.07) is 15.9. The van der Waals surface area contributed by atoms with Crippen molar-refractivity contribution in [2.75, 3.05) is 0 Å². The number of nitrogens with zero attached hydrogens (tertiary/aromatic N) is 3. The molecule has 0 saturated carbocycles. The zero-order valence-electron chi connectivity index (χ0n) is 15.3. The van der Waals surface area contributed by atoms with E-state index >= 15 is 0 Å². The minimum atomic E-state index is -0.233. The number of aromatic amines is 1. The second-order valence-corrected chi connectivity index (χ2v) is 6.73. The number of nitrogens with one attached hydrogen (secondary N) is 2. The minimum absolute atomic E-state index is 0.124. The van der Waals surface area contributed by atoms with E-state index in [0.29, 0.717) is 6.54 Å². The van der Waals surface area contributed by atoms with Crippen LogP contribution in [0.25, 0.3) is 21.9 Å². The molecule has 0 unspecified atom stereocenters. The van der Waals surface area contributed by atoms with Gasteiger partial charge in [0, 0.05) is 28.7 Å². The van der Waals surface area contributed by atoms with E-state index in [4.69, 9.17) is 0 Å². The lowest BCUT2D eigenvalue weighted by Crippen LogP contribution is -2.28. The predicted molar refractivity (Wildman–Crippen MR) is 108 cm³/mol. The number of fused-ring (bicyclic) bond motifs is 2. The first-order valence-corrected chi connectivity index (χ1v) is 8.93. The average Bonchev–Trinajstić information content (AvgIpc) is 3.22. The number of hydrogen-bond donors (Lipinski definition) is 2. The topological polar surface area (TPSA) is 75.1 Å². The molecule has 0 spiro atoms. The zero-order valence-corrected chi connectivity index (χ0v) is 15.3. The molecule has 4 aromatic rings. The van der Waals surface area contributed by atoms with Crippen molar-refractivity contribution in [2.24, 2.45) is 11.0 Å². The van der Waals surface area contributed by atoms with E-state index in [1.165, 1.54) is 0 Å². The van der Waals surface area contributed by atoms with Crippen molar-refractivity contribution in [3.05, 3.63) is 66.1 Å². The van der Waals surface area contributed by atoms with E-state index in [9.17, 15) is 4.79 Å². The normalized spacial score (nSPS) is 12.8. The Morgan fingerprint density at radius 2 is 2.04 bits per heavy atom. The first kappa shape index (κ1) is 17.0. The van der Waals surface area contributed by atoms with Gasteiger partial charge in [-0.3, -0.25) is 4.79 Å². The number of carbonyl (C=O) groups excluding carboxylic acids is 1. The van der Waals surface area contributed by atoms with Crippen LogP contribution in [0.5, 0.6) is 0 Å². The summed E-state index contributed by atoms with van der Waals surface area (Å²) < 4.78 is 1.99. The molecule has 0 radical (unpaired) electrons. The molecule has 6 nitrogen and oxygen atoms in total. The second-order valence-electron chi connectivity index (χ2n) is 6.73. The van der Waals surface area contributed by atoms with Gasteiger partial charge in [-0.1, -0.05) is 37.3 Å². The standard InChI is InChI=1S/C21H21N5O/c1-14(12-26-13-22-19-9-5-6-10-20(19)26)21(27)25-23-11-17-15(2)24-18-8-4-3-7-16(17)18/h3-11,13-14,24H,12H2,1-2H3,(H,25,27)/b23-11-/t14-/m1/s1. The third kappa shape index (κ3) is 3.33. The maximum absolute atomic E-state index is 12.4. The van der Waals surface area contributed by atoms with E-state index in [0.717, 1.165) is 33.2 Å². The fraction of sp³-hybridized carbons (Fsp3) is 0.190. The molecule has 4 rings (SSSR count). The van der Waals surface area contributed by atoms with E-state index in [2.05, 4.69) is 20.5 Å². The third-order valence-corrected chi connectivity index (χ3v) is 4.76. The van der Waals surface area contributed by atoms with E-state index in [1.807, 2.05) is 66.9 Å². The molecular weight excluding hydrogens is 338 g/mol. The first-order chi connectivity index (χ1) is 13.1. The largest absolute Gasteiger partial charge is 0.358 e. The third-order valence-electron chi connectivity index (χ3n) is 4.76. The number of hydrazone groups is 1. The molecule has 2 aromatic carbocycles. The molecule has 6 heteroatoms. The van der Waals surface area contributed by atoms with Crippen molar-refractivity contribution < 1.29 is 4.79 Å². The number of aromatic nitrogens is 3. The van der Waals surface area contributed by atoms with E-state index in [1.54, 1.807) is 12.5 Å². The highest BCUT2D eigenvalue weighted by atomic mass is 16.2. The first-order valence-electron chi connectivity index (χ1n) is 8.93. The molecule has 0 aliphatic carbocycles. The summed E-state index contributed by atoms with van der Waals surface area (Å²) in [5, 5.41) is 5.26. The molecule has 0 aliphatic heterocycles. The molecule has 0 saturated heterocycles. The van der Waals surface area contributed by atoms with Crippen molar-refractivity contribution >= 4 is 34.1 Å². The van der Waals surface area contributed by atoms with Gasteiger partial charge < -0.3 is 9.55 Å². The summed E-state index contributed by atoms with van der Waals surface area (Å²) in [5.74, 6) is -0.356. The predicted octanol–water partition coefficient (Wildman–Crippen LogP) is 3.61. The van der Waals surface area contributed by atoms with Gasteiger partial charge >= 0.3 is 0 Å². The molecule has 2 aromatic heterocycles. The number of imidazole rings is 1. The van der Waals surface area contributed by atoms with Gasteiger partial charge in [0.25, 0.3) is 0 Å². The molecule has 2 N–H and O–H groups in total. The Bertz CT molecular complexity index is 1140. The Balaban J connectivity index is 1.44. The molecule has 0 bridgehead atoms. The summed E-state index contributed by atoms with van der Waals surface area (Å²) in [6.45, 7) is 4.43. The van der Waals surface area contributed by atoms with Gasteiger partial charge in [-0.15, -0.1) is 0 Å². The number of rotatable bonds is 5. The zero-order chi connectivity index (χ0) is 18.8. The quantitative estimate of drug-likeness (QED) is 0.422. The van der Waals surface area contributed by atoms with Gasteiger partial charge in [-0.05, 0) is 25.1 Å².